The van der Waals surface area contributed by atoms with Gasteiger partial charge in [-0.25, -0.2) is 5.09 Å². The molecule has 238 valence electrons. The topological polar surface area (TPSA) is 100 Å². The molecule has 3 rings (SSSR count). The number of ether oxygens (including phenoxy) is 3. The minimum absolute atomic E-state index is 0.187. The quantitative estimate of drug-likeness (QED) is 0.109. The summed E-state index contributed by atoms with van der Waals surface area (Å²) in [6.45, 7) is 16.7. The number of carbonyl (C=O) groups is 2. The van der Waals surface area contributed by atoms with Gasteiger partial charge in [0.05, 0.1) is 6.10 Å². The number of para-hydroxylation sites is 1. The van der Waals surface area contributed by atoms with E-state index < -0.39 is 19.0 Å². The largest absolute Gasteiger partial charge is 0.481 e. The van der Waals surface area contributed by atoms with E-state index >= 15 is 0 Å². The van der Waals surface area contributed by atoms with Crippen LogP contribution in [0.5, 0.6) is 17.2 Å². The summed E-state index contributed by atoms with van der Waals surface area (Å²) in [5.74, 6) is 0.914. The van der Waals surface area contributed by atoms with E-state index in [4.69, 9.17) is 18.7 Å². The Labute approximate surface area is 262 Å². The maximum Gasteiger partial charge on any atom is 0.354 e. The second-order valence-corrected chi connectivity index (χ2v) is 14.1. The van der Waals surface area contributed by atoms with Gasteiger partial charge in [0.25, 0.3) is 0 Å². The van der Waals surface area contributed by atoms with Gasteiger partial charge in [-0.15, -0.1) is 0 Å². The van der Waals surface area contributed by atoms with Gasteiger partial charge in [0.15, 0.2) is 6.35 Å². The Kier molecular flexibility index (Phi) is 11.8. The average Bonchev–Trinajstić information content (AvgIpc) is 2.94. The summed E-state index contributed by atoms with van der Waals surface area (Å²) in [6.07, 6.45) is 0.363. The number of hydrogen-bond donors (Lipinski definition) is 1. The summed E-state index contributed by atoms with van der Waals surface area (Å²) in [5, 5.41) is 2.90. The third-order valence-corrected chi connectivity index (χ3v) is 8.83. The number of carbonyl (C=O) groups excluding carboxylic acids is 2. The molecule has 0 heterocycles. The fraction of sp³-hybridized carbons (Fsp3) is 0.429. The number of benzene rings is 3. The van der Waals surface area contributed by atoms with Gasteiger partial charge in [-0.05, 0) is 112 Å². The molecule has 3 aromatic carbocycles. The summed E-state index contributed by atoms with van der Waals surface area (Å²) >= 11 is 0. The molecule has 1 atom stereocenters. The molecular weight excluding hydrogens is 577 g/mol. The van der Waals surface area contributed by atoms with Crippen molar-refractivity contribution >= 4 is 19.5 Å². The third-order valence-electron chi connectivity index (χ3n) is 6.96. The molecule has 0 spiro atoms. The van der Waals surface area contributed by atoms with Crippen LogP contribution in [0.1, 0.15) is 88.6 Å². The molecule has 1 unspecified atom stereocenters. The first-order valence-corrected chi connectivity index (χ1v) is 16.8. The monoisotopic (exact) mass is 623 g/mol. The molecule has 0 fully saturated rings. The molecular formula is C35H46NO7P. The summed E-state index contributed by atoms with van der Waals surface area (Å²) < 4.78 is 37.1. The van der Waals surface area contributed by atoms with Crippen molar-refractivity contribution in [3.8, 4) is 17.2 Å². The highest BCUT2D eigenvalue weighted by atomic mass is 31.2. The van der Waals surface area contributed by atoms with Crippen LogP contribution in [-0.2, 0) is 25.3 Å². The highest BCUT2D eigenvalue weighted by Crippen LogP contribution is 2.45. The lowest BCUT2D eigenvalue weighted by Crippen LogP contribution is -2.48. The van der Waals surface area contributed by atoms with Crippen molar-refractivity contribution < 1.29 is 32.9 Å². The van der Waals surface area contributed by atoms with Crippen LogP contribution in [0.2, 0.25) is 0 Å². The van der Waals surface area contributed by atoms with E-state index in [2.05, 4.69) is 25.0 Å². The average molecular weight is 624 g/mol. The molecule has 3 aromatic rings. The second kappa shape index (κ2) is 14.9. The molecule has 9 heteroatoms. The van der Waals surface area contributed by atoms with Crippen LogP contribution in [0.25, 0.3) is 0 Å². The lowest BCUT2D eigenvalue weighted by molar-refractivity contribution is -0.153. The summed E-state index contributed by atoms with van der Waals surface area (Å²) in [5.41, 5.74) is 3.96. The zero-order chi connectivity index (χ0) is 32.7. The van der Waals surface area contributed by atoms with Crippen LogP contribution in [0.3, 0.4) is 0 Å². The Bertz CT molecular complexity index is 1480. The normalized spacial score (nSPS) is 13.0. The minimum atomic E-state index is -3.76. The Morgan fingerprint density at radius 2 is 1.55 bits per heavy atom. The first-order valence-electron chi connectivity index (χ1n) is 15.0. The molecule has 44 heavy (non-hydrogen) atoms. The van der Waals surface area contributed by atoms with E-state index in [0.717, 1.165) is 27.8 Å². The predicted molar refractivity (Wildman–Crippen MR) is 174 cm³/mol. The van der Waals surface area contributed by atoms with E-state index in [-0.39, 0.29) is 24.3 Å². The first-order chi connectivity index (χ1) is 20.6. The van der Waals surface area contributed by atoms with Gasteiger partial charge in [-0.3, -0.25) is 14.2 Å². The van der Waals surface area contributed by atoms with Crippen LogP contribution in [0.15, 0.2) is 60.7 Å². The van der Waals surface area contributed by atoms with Crippen molar-refractivity contribution in [3.63, 3.8) is 0 Å². The first kappa shape index (κ1) is 34.9. The maximum absolute atomic E-state index is 14.1. The molecule has 0 saturated heterocycles. The van der Waals surface area contributed by atoms with Gasteiger partial charge in [-0.2, -0.15) is 0 Å². The maximum atomic E-state index is 14.1. The van der Waals surface area contributed by atoms with Crippen LogP contribution in [-0.4, -0.2) is 29.9 Å². The van der Waals surface area contributed by atoms with E-state index in [1.54, 1.807) is 58.9 Å². The highest BCUT2D eigenvalue weighted by Gasteiger charge is 2.40. The summed E-state index contributed by atoms with van der Waals surface area (Å²) in [6, 6.07) is 18.6. The van der Waals surface area contributed by atoms with Gasteiger partial charge in [0.1, 0.15) is 22.8 Å². The van der Waals surface area contributed by atoms with Crippen LogP contribution in [0.4, 0.5) is 0 Å². The molecule has 8 nitrogen and oxygen atoms in total. The third kappa shape index (κ3) is 9.70. The molecule has 0 aliphatic rings. The van der Waals surface area contributed by atoms with Crippen molar-refractivity contribution in [1.29, 1.82) is 0 Å². The Balaban J connectivity index is 1.83. The van der Waals surface area contributed by atoms with Crippen LogP contribution >= 0.6 is 7.52 Å². The fourth-order valence-electron chi connectivity index (χ4n) is 4.69. The van der Waals surface area contributed by atoms with Crippen LogP contribution in [0, 0.1) is 13.8 Å². The van der Waals surface area contributed by atoms with Gasteiger partial charge in [0, 0.05) is 6.42 Å². The Morgan fingerprint density at radius 1 is 0.909 bits per heavy atom. The van der Waals surface area contributed by atoms with Crippen molar-refractivity contribution in [2.24, 2.45) is 0 Å². The smallest absolute Gasteiger partial charge is 0.354 e. The number of aryl methyl sites for hydroxylation is 2. The molecule has 0 saturated carbocycles. The van der Waals surface area contributed by atoms with Gasteiger partial charge >= 0.3 is 19.5 Å². The zero-order valence-electron chi connectivity index (χ0n) is 27.4. The standard InChI is InChI=1S/C35H46NO7P/c1-10-33(37)42-32-17-16-27(20-30(32)23(2)3)21-31-25(6)18-29(19-26(31)7)40-22-44(39,43-28-14-12-11-13-15-28)36-35(8,9)34(38)41-24(4)5/h11-20,23-24H,10,21-22H2,1-9H3,(H,36,39). The van der Waals surface area contributed by atoms with Crippen molar-refractivity contribution in [3.05, 3.63) is 88.5 Å². The number of esters is 2. The molecule has 0 bridgehead atoms. The van der Waals surface area contributed by atoms with E-state index in [0.29, 0.717) is 30.1 Å². The Hall–Kier alpha value is -3.61. The van der Waals surface area contributed by atoms with Crippen LogP contribution < -0.4 is 19.1 Å². The lowest BCUT2D eigenvalue weighted by Gasteiger charge is -2.30. The van der Waals surface area contributed by atoms with Crippen molar-refractivity contribution in [2.45, 2.75) is 92.7 Å². The fourth-order valence-corrected chi connectivity index (χ4v) is 6.58. The molecule has 0 aliphatic heterocycles. The van der Waals surface area contributed by atoms with E-state index in [9.17, 15) is 14.2 Å². The molecule has 0 aliphatic carbocycles. The highest BCUT2D eigenvalue weighted by molar-refractivity contribution is 7.57. The number of nitrogens with one attached hydrogen (secondary N) is 1. The SMILES string of the molecule is CCC(=O)Oc1ccc(Cc2c(C)cc(OCP(=O)(NC(C)(C)C(=O)OC(C)C)Oc3ccccc3)cc2C)cc1C(C)C. The predicted octanol–water partition coefficient (Wildman–Crippen LogP) is 8.26. The van der Waals surface area contributed by atoms with E-state index in [1.807, 2.05) is 44.2 Å². The van der Waals surface area contributed by atoms with E-state index in [1.165, 1.54) is 0 Å². The molecule has 0 radical (unpaired) electrons. The number of rotatable bonds is 14. The Morgan fingerprint density at radius 3 is 2.11 bits per heavy atom. The van der Waals surface area contributed by atoms with Gasteiger partial charge < -0.3 is 18.7 Å². The van der Waals surface area contributed by atoms with Crippen molar-refractivity contribution in [1.82, 2.24) is 5.09 Å². The number of hydrogen-bond acceptors (Lipinski definition) is 7. The minimum Gasteiger partial charge on any atom is -0.481 e. The second-order valence-electron chi connectivity index (χ2n) is 12.1. The zero-order valence-corrected chi connectivity index (χ0v) is 28.2. The molecule has 0 amide bonds. The van der Waals surface area contributed by atoms with Crippen molar-refractivity contribution in [2.75, 3.05) is 6.35 Å². The van der Waals surface area contributed by atoms with Gasteiger partial charge in [-0.1, -0.05) is 51.1 Å². The summed E-state index contributed by atoms with van der Waals surface area (Å²) in [4.78, 5) is 24.7. The molecule has 0 aromatic heterocycles. The lowest BCUT2D eigenvalue weighted by atomic mass is 9.93. The summed E-state index contributed by atoms with van der Waals surface area (Å²) in [7, 11) is -3.76. The van der Waals surface area contributed by atoms with Gasteiger partial charge in [0.2, 0.25) is 0 Å². The molecule has 1 N–H and O–H groups in total.